The molecule has 1 heterocycles. The van der Waals surface area contributed by atoms with Crippen LogP contribution in [0.5, 0.6) is 0 Å². The standard InChI is InChI=1S/C17H17BrOS/c18-15-7-5-12(6-8-15)13(10-19)9-14-11-20-17-4-2-1-3-16(14)17/h1-8,13-14,19H,9-11H2. The van der Waals surface area contributed by atoms with Crippen LogP contribution in [0.2, 0.25) is 0 Å². The maximum absolute atomic E-state index is 9.74. The van der Waals surface area contributed by atoms with Crippen molar-refractivity contribution in [2.75, 3.05) is 12.4 Å². The van der Waals surface area contributed by atoms with E-state index in [4.69, 9.17) is 0 Å². The van der Waals surface area contributed by atoms with Crippen LogP contribution in [0.15, 0.2) is 57.9 Å². The lowest BCUT2D eigenvalue weighted by atomic mass is 9.86. The molecule has 1 aliphatic rings. The highest BCUT2D eigenvalue weighted by molar-refractivity contribution is 9.10. The average molecular weight is 349 g/mol. The molecule has 0 bridgehead atoms. The van der Waals surface area contributed by atoms with Crippen molar-refractivity contribution in [2.24, 2.45) is 0 Å². The van der Waals surface area contributed by atoms with Gasteiger partial charge >= 0.3 is 0 Å². The van der Waals surface area contributed by atoms with Gasteiger partial charge in [-0.3, -0.25) is 0 Å². The first-order chi connectivity index (χ1) is 9.78. The predicted molar refractivity (Wildman–Crippen MR) is 88.5 cm³/mol. The quantitative estimate of drug-likeness (QED) is 0.855. The maximum atomic E-state index is 9.74. The van der Waals surface area contributed by atoms with Gasteiger partial charge in [0.05, 0.1) is 0 Å². The minimum absolute atomic E-state index is 0.213. The van der Waals surface area contributed by atoms with Crippen molar-refractivity contribution < 1.29 is 5.11 Å². The van der Waals surface area contributed by atoms with Gasteiger partial charge in [-0.05, 0) is 41.7 Å². The van der Waals surface area contributed by atoms with Crippen LogP contribution in [0.4, 0.5) is 0 Å². The van der Waals surface area contributed by atoms with Crippen molar-refractivity contribution in [3.05, 3.63) is 64.1 Å². The summed E-state index contributed by atoms with van der Waals surface area (Å²) in [4.78, 5) is 1.41. The second-order valence-electron chi connectivity index (χ2n) is 5.21. The van der Waals surface area contributed by atoms with Crippen LogP contribution in [0.1, 0.15) is 29.4 Å². The number of hydrogen-bond donors (Lipinski definition) is 1. The molecular formula is C17H17BrOS. The van der Waals surface area contributed by atoms with Gasteiger partial charge in [0.15, 0.2) is 0 Å². The number of benzene rings is 2. The highest BCUT2D eigenvalue weighted by Crippen LogP contribution is 2.43. The van der Waals surface area contributed by atoms with E-state index in [9.17, 15) is 5.11 Å². The van der Waals surface area contributed by atoms with E-state index in [1.54, 1.807) is 0 Å². The molecule has 2 unspecified atom stereocenters. The fourth-order valence-corrected chi connectivity index (χ4v) is 4.36. The Hall–Kier alpha value is -0.770. The number of aliphatic hydroxyl groups excluding tert-OH is 1. The molecule has 2 atom stereocenters. The van der Waals surface area contributed by atoms with E-state index in [2.05, 4.69) is 64.5 Å². The molecule has 3 rings (SSSR count). The number of fused-ring (bicyclic) bond motifs is 1. The van der Waals surface area contributed by atoms with E-state index in [-0.39, 0.29) is 12.5 Å². The normalized spacial score (nSPS) is 18.8. The molecule has 0 radical (unpaired) electrons. The van der Waals surface area contributed by atoms with Crippen LogP contribution >= 0.6 is 27.7 Å². The van der Waals surface area contributed by atoms with Crippen molar-refractivity contribution in [3.63, 3.8) is 0 Å². The summed E-state index contributed by atoms with van der Waals surface area (Å²) in [6, 6.07) is 17.0. The van der Waals surface area contributed by atoms with Crippen LogP contribution in [-0.4, -0.2) is 17.5 Å². The smallest absolute Gasteiger partial charge is 0.0499 e. The molecule has 2 aromatic rings. The molecule has 0 saturated heterocycles. The summed E-state index contributed by atoms with van der Waals surface area (Å²) in [6.45, 7) is 0.213. The maximum Gasteiger partial charge on any atom is 0.0499 e. The summed E-state index contributed by atoms with van der Waals surface area (Å²) in [5.41, 5.74) is 2.68. The van der Waals surface area contributed by atoms with E-state index < -0.39 is 0 Å². The second-order valence-corrected chi connectivity index (χ2v) is 7.19. The van der Waals surface area contributed by atoms with Gasteiger partial charge in [0.1, 0.15) is 0 Å². The summed E-state index contributed by atoms with van der Waals surface area (Å²) < 4.78 is 1.08. The van der Waals surface area contributed by atoms with E-state index in [0.717, 1.165) is 16.6 Å². The Bertz CT molecular complexity index is 582. The van der Waals surface area contributed by atoms with Crippen molar-refractivity contribution >= 4 is 27.7 Å². The van der Waals surface area contributed by atoms with E-state index >= 15 is 0 Å². The fraction of sp³-hybridized carbons (Fsp3) is 0.294. The molecule has 20 heavy (non-hydrogen) atoms. The van der Waals surface area contributed by atoms with Crippen LogP contribution < -0.4 is 0 Å². The second kappa shape index (κ2) is 6.33. The lowest BCUT2D eigenvalue weighted by molar-refractivity contribution is 0.255. The van der Waals surface area contributed by atoms with Gasteiger partial charge in [0.2, 0.25) is 0 Å². The molecule has 2 aromatic carbocycles. The lowest BCUT2D eigenvalue weighted by Gasteiger charge is -2.19. The first-order valence-electron chi connectivity index (χ1n) is 6.86. The summed E-state index contributed by atoms with van der Waals surface area (Å²) in [5.74, 6) is 1.91. The zero-order valence-corrected chi connectivity index (χ0v) is 13.5. The lowest BCUT2D eigenvalue weighted by Crippen LogP contribution is -2.10. The minimum Gasteiger partial charge on any atom is -0.396 e. The summed E-state index contributed by atoms with van der Waals surface area (Å²) in [6.07, 6.45) is 1.02. The molecule has 1 nitrogen and oxygen atoms in total. The topological polar surface area (TPSA) is 20.2 Å². The van der Waals surface area contributed by atoms with Crippen molar-refractivity contribution in [3.8, 4) is 0 Å². The van der Waals surface area contributed by atoms with E-state index in [1.807, 2.05) is 11.8 Å². The molecule has 104 valence electrons. The van der Waals surface area contributed by atoms with Crippen LogP contribution in [0.25, 0.3) is 0 Å². The summed E-state index contributed by atoms with van der Waals surface area (Å²) in [5, 5.41) is 9.74. The fourth-order valence-electron chi connectivity index (χ4n) is 2.82. The van der Waals surface area contributed by atoms with Crippen molar-refractivity contribution in [2.45, 2.75) is 23.2 Å². The van der Waals surface area contributed by atoms with Gasteiger partial charge in [0, 0.05) is 27.6 Å². The van der Waals surface area contributed by atoms with Crippen molar-refractivity contribution in [1.82, 2.24) is 0 Å². The average Bonchev–Trinajstić information content (AvgIpc) is 2.89. The molecule has 0 spiro atoms. The molecule has 1 N–H and O–H groups in total. The minimum atomic E-state index is 0.213. The van der Waals surface area contributed by atoms with Gasteiger partial charge in [0.25, 0.3) is 0 Å². The third-order valence-corrected chi connectivity index (χ3v) is 5.71. The largest absolute Gasteiger partial charge is 0.396 e. The third-order valence-electron chi connectivity index (χ3n) is 3.93. The molecule has 0 fully saturated rings. The van der Waals surface area contributed by atoms with Crippen LogP contribution in [-0.2, 0) is 0 Å². The van der Waals surface area contributed by atoms with E-state index in [0.29, 0.717) is 5.92 Å². The Morgan fingerprint density at radius 1 is 1.15 bits per heavy atom. The van der Waals surface area contributed by atoms with Crippen molar-refractivity contribution in [1.29, 1.82) is 0 Å². The summed E-state index contributed by atoms with van der Waals surface area (Å²) >= 11 is 5.40. The zero-order valence-electron chi connectivity index (χ0n) is 11.1. The van der Waals surface area contributed by atoms with E-state index in [1.165, 1.54) is 16.0 Å². The zero-order chi connectivity index (χ0) is 13.9. The molecule has 1 aliphatic heterocycles. The third kappa shape index (κ3) is 2.95. The molecular weight excluding hydrogens is 332 g/mol. The van der Waals surface area contributed by atoms with Gasteiger partial charge in [-0.1, -0.05) is 46.3 Å². The summed E-state index contributed by atoms with van der Waals surface area (Å²) in [7, 11) is 0. The Morgan fingerprint density at radius 3 is 2.65 bits per heavy atom. The molecule has 0 aliphatic carbocycles. The van der Waals surface area contributed by atoms with Crippen LogP contribution in [0.3, 0.4) is 0 Å². The highest BCUT2D eigenvalue weighted by atomic mass is 79.9. The first-order valence-corrected chi connectivity index (χ1v) is 8.64. The number of hydrogen-bond acceptors (Lipinski definition) is 2. The number of aliphatic hydroxyl groups is 1. The Labute approximate surface area is 132 Å². The molecule has 3 heteroatoms. The molecule has 0 amide bonds. The Morgan fingerprint density at radius 2 is 1.90 bits per heavy atom. The van der Waals surface area contributed by atoms with Gasteiger partial charge in [-0.15, -0.1) is 11.8 Å². The number of rotatable bonds is 4. The monoisotopic (exact) mass is 348 g/mol. The van der Waals surface area contributed by atoms with Gasteiger partial charge in [-0.2, -0.15) is 0 Å². The highest BCUT2D eigenvalue weighted by Gasteiger charge is 2.26. The Kier molecular flexibility index (Phi) is 4.49. The number of thioether (sulfide) groups is 1. The SMILES string of the molecule is OCC(CC1CSc2ccccc21)c1ccc(Br)cc1. The molecule has 0 aromatic heterocycles. The van der Waals surface area contributed by atoms with Gasteiger partial charge in [-0.25, -0.2) is 0 Å². The number of halogens is 1. The van der Waals surface area contributed by atoms with Gasteiger partial charge < -0.3 is 5.11 Å². The van der Waals surface area contributed by atoms with Crippen LogP contribution in [0, 0.1) is 0 Å². The first kappa shape index (κ1) is 14.2. The predicted octanol–water partition coefficient (Wildman–Crippen LogP) is 4.80. The molecule has 0 saturated carbocycles. The Balaban J connectivity index is 1.78.